The molecule has 2 rings (SSSR count). The van der Waals surface area contributed by atoms with Crippen molar-refractivity contribution in [2.45, 2.75) is 6.61 Å². The van der Waals surface area contributed by atoms with Crippen molar-refractivity contribution in [2.24, 2.45) is 10.8 Å². The number of amides is 2. The van der Waals surface area contributed by atoms with Gasteiger partial charge in [0.15, 0.2) is 11.5 Å². The third kappa shape index (κ3) is 4.96. The molecule has 1 aromatic heterocycles. The second-order valence-corrected chi connectivity index (χ2v) is 5.23. The summed E-state index contributed by atoms with van der Waals surface area (Å²) in [4.78, 5) is 14.8. The number of methoxy groups -OCH3 is 1. The number of hydrogen-bond donors (Lipinski definition) is 2. The summed E-state index contributed by atoms with van der Waals surface area (Å²) in [6.45, 7) is 0.312. The van der Waals surface area contributed by atoms with E-state index < -0.39 is 6.03 Å². The van der Waals surface area contributed by atoms with Gasteiger partial charge in [-0.25, -0.2) is 10.2 Å². The Morgan fingerprint density at radius 3 is 2.96 bits per heavy atom. The Balaban J connectivity index is 2.16. The molecule has 0 aliphatic carbocycles. The number of hydrazone groups is 1. The van der Waals surface area contributed by atoms with Crippen molar-refractivity contribution in [1.82, 2.24) is 10.4 Å². The summed E-state index contributed by atoms with van der Waals surface area (Å²) in [5.41, 5.74) is 8.57. The molecule has 0 saturated carbocycles. The number of nitrogens with one attached hydrogen (secondary N) is 1. The summed E-state index contributed by atoms with van der Waals surface area (Å²) in [6.07, 6.45) is 3.15. The number of pyridine rings is 1. The minimum atomic E-state index is -0.734. The average molecular weight is 379 g/mol. The van der Waals surface area contributed by atoms with Gasteiger partial charge in [-0.05, 0) is 45.8 Å². The van der Waals surface area contributed by atoms with Crippen LogP contribution in [0.25, 0.3) is 0 Å². The van der Waals surface area contributed by atoms with Crippen molar-refractivity contribution in [2.75, 3.05) is 7.11 Å². The summed E-state index contributed by atoms with van der Waals surface area (Å²) in [7, 11) is 1.54. The van der Waals surface area contributed by atoms with Crippen LogP contribution in [0.5, 0.6) is 11.5 Å². The Kier molecular flexibility index (Phi) is 5.93. The second kappa shape index (κ2) is 8.14. The predicted octanol–water partition coefficient (Wildman–Crippen LogP) is 2.43. The Hall–Kier alpha value is -2.61. The van der Waals surface area contributed by atoms with Crippen LogP contribution in [0.1, 0.15) is 11.3 Å². The van der Waals surface area contributed by atoms with Crippen molar-refractivity contribution in [1.29, 1.82) is 0 Å². The molecule has 3 N–H and O–H groups in total. The Morgan fingerprint density at radius 2 is 2.30 bits per heavy atom. The average Bonchev–Trinajstić information content (AvgIpc) is 2.54. The van der Waals surface area contributed by atoms with Crippen molar-refractivity contribution in [3.63, 3.8) is 0 Å². The van der Waals surface area contributed by atoms with E-state index in [0.717, 1.165) is 5.69 Å². The minimum Gasteiger partial charge on any atom is -0.493 e. The van der Waals surface area contributed by atoms with Gasteiger partial charge in [-0.3, -0.25) is 4.98 Å². The number of halogens is 1. The van der Waals surface area contributed by atoms with E-state index in [9.17, 15) is 4.79 Å². The standard InChI is InChI=1S/C15H15BrN4O3/c1-22-13-7-10(8-19-20-15(17)21)6-12(16)14(13)23-9-11-4-2-3-5-18-11/h2-8H,9H2,1H3,(H3,17,20,21). The maximum absolute atomic E-state index is 10.6. The number of ether oxygens (including phenoxy) is 2. The first-order chi connectivity index (χ1) is 11.1. The number of hydrogen-bond acceptors (Lipinski definition) is 5. The molecule has 0 aliphatic rings. The molecule has 0 bridgehead atoms. The fourth-order valence-electron chi connectivity index (χ4n) is 1.75. The topological polar surface area (TPSA) is 98.8 Å². The van der Waals surface area contributed by atoms with Gasteiger partial charge in [0.1, 0.15) is 6.61 Å². The molecular weight excluding hydrogens is 364 g/mol. The molecule has 0 radical (unpaired) electrons. The fourth-order valence-corrected chi connectivity index (χ4v) is 2.33. The molecule has 1 aromatic carbocycles. The van der Waals surface area contributed by atoms with Crippen LogP contribution in [0.3, 0.4) is 0 Å². The number of nitrogens with zero attached hydrogens (tertiary/aromatic N) is 2. The Bertz CT molecular complexity index is 707. The molecule has 23 heavy (non-hydrogen) atoms. The SMILES string of the molecule is COc1cc(C=NNC(N)=O)cc(Br)c1OCc1ccccn1. The number of primary amides is 1. The molecule has 0 fully saturated rings. The molecule has 120 valence electrons. The van der Waals surface area contributed by atoms with Crippen molar-refractivity contribution < 1.29 is 14.3 Å². The van der Waals surface area contributed by atoms with E-state index >= 15 is 0 Å². The van der Waals surface area contributed by atoms with E-state index in [0.29, 0.717) is 28.1 Å². The van der Waals surface area contributed by atoms with Crippen LogP contribution in [0.15, 0.2) is 46.1 Å². The molecule has 2 amide bonds. The number of rotatable bonds is 6. The van der Waals surface area contributed by atoms with Gasteiger partial charge in [0.05, 0.1) is 23.5 Å². The number of nitrogens with two attached hydrogens (primary N) is 1. The minimum absolute atomic E-state index is 0.312. The lowest BCUT2D eigenvalue weighted by molar-refractivity contribution is 0.249. The first-order valence-electron chi connectivity index (χ1n) is 6.59. The zero-order valence-electron chi connectivity index (χ0n) is 12.3. The van der Waals surface area contributed by atoms with Gasteiger partial charge in [-0.2, -0.15) is 5.10 Å². The smallest absolute Gasteiger partial charge is 0.332 e. The van der Waals surface area contributed by atoms with E-state index in [2.05, 4.69) is 31.4 Å². The maximum Gasteiger partial charge on any atom is 0.332 e. The van der Waals surface area contributed by atoms with Crippen LogP contribution in [0, 0.1) is 0 Å². The lowest BCUT2D eigenvalue weighted by Crippen LogP contribution is -2.24. The molecular formula is C15H15BrN4O3. The maximum atomic E-state index is 10.6. The molecule has 0 saturated heterocycles. The molecule has 0 spiro atoms. The normalized spacial score (nSPS) is 10.5. The lowest BCUT2D eigenvalue weighted by Gasteiger charge is -2.13. The zero-order valence-corrected chi connectivity index (χ0v) is 13.9. The van der Waals surface area contributed by atoms with Gasteiger partial charge < -0.3 is 15.2 Å². The van der Waals surface area contributed by atoms with Crippen LogP contribution in [0.2, 0.25) is 0 Å². The van der Waals surface area contributed by atoms with Crippen LogP contribution in [-0.4, -0.2) is 24.3 Å². The molecule has 8 heteroatoms. The van der Waals surface area contributed by atoms with Gasteiger partial charge in [0, 0.05) is 6.20 Å². The summed E-state index contributed by atoms with van der Waals surface area (Å²) in [6, 6.07) is 8.38. The third-order valence-electron chi connectivity index (χ3n) is 2.73. The summed E-state index contributed by atoms with van der Waals surface area (Å²) >= 11 is 3.43. The van der Waals surface area contributed by atoms with Crippen molar-refractivity contribution in [3.8, 4) is 11.5 Å². The molecule has 1 heterocycles. The van der Waals surface area contributed by atoms with Gasteiger partial charge >= 0.3 is 6.03 Å². The summed E-state index contributed by atoms with van der Waals surface area (Å²) in [5.74, 6) is 1.08. The first-order valence-corrected chi connectivity index (χ1v) is 7.38. The van der Waals surface area contributed by atoms with Gasteiger partial charge in [0.2, 0.25) is 0 Å². The van der Waals surface area contributed by atoms with Crippen LogP contribution >= 0.6 is 15.9 Å². The summed E-state index contributed by atoms with van der Waals surface area (Å²) in [5, 5.41) is 3.70. The van der Waals surface area contributed by atoms with E-state index in [1.54, 1.807) is 18.3 Å². The van der Waals surface area contributed by atoms with Crippen LogP contribution < -0.4 is 20.6 Å². The molecule has 0 atom stereocenters. The number of aromatic nitrogens is 1. The number of carbonyl (C=O) groups excluding carboxylic acids is 1. The lowest BCUT2D eigenvalue weighted by atomic mass is 10.2. The second-order valence-electron chi connectivity index (χ2n) is 4.38. The number of urea groups is 1. The largest absolute Gasteiger partial charge is 0.493 e. The molecule has 0 aliphatic heterocycles. The fraction of sp³-hybridized carbons (Fsp3) is 0.133. The van der Waals surface area contributed by atoms with Gasteiger partial charge in [0.25, 0.3) is 0 Å². The predicted molar refractivity (Wildman–Crippen MR) is 89.6 cm³/mol. The highest BCUT2D eigenvalue weighted by Crippen LogP contribution is 2.36. The van der Waals surface area contributed by atoms with E-state index in [1.807, 2.05) is 18.2 Å². The zero-order chi connectivity index (χ0) is 16.7. The molecule has 2 aromatic rings. The summed E-state index contributed by atoms with van der Waals surface area (Å²) < 4.78 is 11.8. The van der Waals surface area contributed by atoms with Gasteiger partial charge in [-0.1, -0.05) is 6.07 Å². The number of benzene rings is 1. The highest BCUT2D eigenvalue weighted by molar-refractivity contribution is 9.10. The Labute approximate surface area is 141 Å². The van der Waals surface area contributed by atoms with E-state index in [1.165, 1.54) is 13.3 Å². The Morgan fingerprint density at radius 1 is 1.48 bits per heavy atom. The van der Waals surface area contributed by atoms with Crippen molar-refractivity contribution in [3.05, 3.63) is 52.3 Å². The van der Waals surface area contributed by atoms with E-state index in [4.69, 9.17) is 15.2 Å². The molecule has 7 nitrogen and oxygen atoms in total. The van der Waals surface area contributed by atoms with E-state index in [-0.39, 0.29) is 0 Å². The quantitative estimate of drug-likeness (QED) is 0.595. The molecule has 0 unspecified atom stereocenters. The van der Waals surface area contributed by atoms with Crippen LogP contribution in [0.4, 0.5) is 4.79 Å². The highest BCUT2D eigenvalue weighted by Gasteiger charge is 2.11. The highest BCUT2D eigenvalue weighted by atomic mass is 79.9. The van der Waals surface area contributed by atoms with Crippen LogP contribution in [-0.2, 0) is 6.61 Å². The van der Waals surface area contributed by atoms with Gasteiger partial charge in [-0.15, -0.1) is 0 Å². The number of carbonyl (C=O) groups is 1. The third-order valence-corrected chi connectivity index (χ3v) is 3.32. The monoisotopic (exact) mass is 378 g/mol. The van der Waals surface area contributed by atoms with Crippen molar-refractivity contribution >= 4 is 28.2 Å². The first kappa shape index (κ1) is 16.8.